The third-order valence-electron chi connectivity index (χ3n) is 3.82. The van der Waals surface area contributed by atoms with Crippen molar-refractivity contribution in [3.8, 4) is 0 Å². The predicted octanol–water partition coefficient (Wildman–Crippen LogP) is 2.38. The quantitative estimate of drug-likeness (QED) is 0.828. The molecule has 2 rings (SSSR count). The lowest BCUT2D eigenvalue weighted by Gasteiger charge is -2.30. The molecular formula is C16H18F3N3O2. The fourth-order valence-electron chi connectivity index (χ4n) is 2.45. The molecule has 130 valence electrons. The van der Waals surface area contributed by atoms with Gasteiger partial charge in [-0.25, -0.2) is 4.79 Å². The first-order valence-electron chi connectivity index (χ1n) is 7.46. The number of nitrogens with zero attached hydrogens (tertiary/aromatic N) is 1. The van der Waals surface area contributed by atoms with Crippen LogP contribution in [-0.2, 0) is 11.0 Å². The van der Waals surface area contributed by atoms with Gasteiger partial charge in [0.2, 0.25) is 5.91 Å². The van der Waals surface area contributed by atoms with E-state index in [0.29, 0.717) is 31.5 Å². The fraction of sp³-hybridized carbons (Fsp3) is 0.375. The van der Waals surface area contributed by atoms with E-state index in [9.17, 15) is 22.8 Å². The number of halogens is 3. The van der Waals surface area contributed by atoms with Crippen molar-refractivity contribution in [2.45, 2.75) is 25.1 Å². The molecule has 0 radical (unpaired) electrons. The van der Waals surface area contributed by atoms with Crippen molar-refractivity contribution in [1.29, 1.82) is 0 Å². The Bertz CT molecular complexity index is 618. The Morgan fingerprint density at radius 3 is 2.25 bits per heavy atom. The first-order chi connectivity index (χ1) is 11.3. The van der Waals surface area contributed by atoms with Crippen molar-refractivity contribution in [3.05, 3.63) is 41.5 Å². The molecule has 0 spiro atoms. The lowest BCUT2D eigenvalue weighted by Crippen LogP contribution is -2.47. The number of alkyl halides is 3. The molecule has 1 aliphatic rings. The second-order valence-electron chi connectivity index (χ2n) is 5.56. The summed E-state index contributed by atoms with van der Waals surface area (Å²) in [7, 11) is 0. The number of urea groups is 1. The molecule has 3 amide bonds. The highest BCUT2D eigenvalue weighted by Gasteiger charge is 2.29. The van der Waals surface area contributed by atoms with Crippen LogP contribution in [0.25, 0.3) is 6.08 Å². The zero-order valence-corrected chi connectivity index (χ0v) is 12.8. The van der Waals surface area contributed by atoms with Crippen LogP contribution in [0.2, 0.25) is 0 Å². The molecule has 3 N–H and O–H groups in total. The summed E-state index contributed by atoms with van der Waals surface area (Å²) in [6, 6.07) is 4.02. The zero-order chi connectivity index (χ0) is 17.7. The van der Waals surface area contributed by atoms with Gasteiger partial charge < -0.3 is 16.0 Å². The lowest BCUT2D eigenvalue weighted by atomic mass is 10.1. The summed E-state index contributed by atoms with van der Waals surface area (Å²) in [6.07, 6.45) is -0.415. The molecule has 1 heterocycles. The van der Waals surface area contributed by atoms with Crippen molar-refractivity contribution in [1.82, 2.24) is 10.2 Å². The third kappa shape index (κ3) is 5.00. The summed E-state index contributed by atoms with van der Waals surface area (Å²) >= 11 is 0. The van der Waals surface area contributed by atoms with Crippen LogP contribution in [0, 0.1) is 0 Å². The maximum Gasteiger partial charge on any atom is 0.416 e. The standard InChI is InChI=1S/C16H18F3N3O2/c17-16(18,19)12-4-1-11(2-5-12)3-6-14(23)21-13-7-9-22(10-8-13)15(20)24/h1-6,13H,7-10H2,(H2,20,24)(H,21,23)/b6-3-. The van der Waals surface area contributed by atoms with Crippen LogP contribution >= 0.6 is 0 Å². The number of nitrogens with two attached hydrogens (primary N) is 1. The Kier molecular flexibility index (Phi) is 5.48. The summed E-state index contributed by atoms with van der Waals surface area (Å²) < 4.78 is 37.4. The highest BCUT2D eigenvalue weighted by atomic mass is 19.4. The number of nitrogens with one attached hydrogen (secondary N) is 1. The summed E-state index contributed by atoms with van der Waals surface area (Å²) in [6.45, 7) is 0.978. The van der Waals surface area contributed by atoms with E-state index in [1.54, 1.807) is 0 Å². The summed E-state index contributed by atoms with van der Waals surface area (Å²) in [5.41, 5.74) is 4.95. The number of benzene rings is 1. The molecule has 1 aliphatic heterocycles. The molecule has 0 aliphatic carbocycles. The molecule has 0 unspecified atom stereocenters. The number of likely N-dealkylation sites (tertiary alicyclic amines) is 1. The number of carbonyl (C=O) groups excluding carboxylic acids is 2. The smallest absolute Gasteiger partial charge is 0.351 e. The summed E-state index contributed by atoms with van der Waals surface area (Å²) in [5.74, 6) is -0.326. The molecule has 1 aromatic rings. The molecule has 0 saturated carbocycles. The lowest BCUT2D eigenvalue weighted by molar-refractivity contribution is -0.137. The molecular weight excluding hydrogens is 323 g/mol. The van der Waals surface area contributed by atoms with E-state index in [4.69, 9.17) is 5.73 Å². The number of primary amides is 1. The highest BCUT2D eigenvalue weighted by molar-refractivity contribution is 5.91. The van der Waals surface area contributed by atoms with E-state index in [1.807, 2.05) is 0 Å². The van der Waals surface area contributed by atoms with Crippen LogP contribution in [0.15, 0.2) is 30.3 Å². The van der Waals surface area contributed by atoms with Crippen molar-refractivity contribution < 1.29 is 22.8 Å². The molecule has 0 aromatic heterocycles. The average molecular weight is 341 g/mol. The van der Waals surface area contributed by atoms with Crippen LogP contribution in [0.1, 0.15) is 24.0 Å². The first kappa shape index (κ1) is 17.8. The van der Waals surface area contributed by atoms with Crippen molar-refractivity contribution in [2.24, 2.45) is 5.73 Å². The molecule has 8 heteroatoms. The van der Waals surface area contributed by atoms with Crippen molar-refractivity contribution >= 4 is 18.0 Å². The van der Waals surface area contributed by atoms with Gasteiger partial charge in [-0.05, 0) is 36.6 Å². The van der Waals surface area contributed by atoms with Gasteiger partial charge in [-0.1, -0.05) is 12.1 Å². The molecule has 1 aromatic carbocycles. The SMILES string of the molecule is NC(=O)N1CCC(NC(=O)/C=C\c2ccc(C(F)(F)F)cc2)CC1. The molecule has 5 nitrogen and oxygen atoms in total. The Labute approximate surface area is 137 Å². The van der Waals surface area contributed by atoms with E-state index in [1.165, 1.54) is 29.2 Å². The monoisotopic (exact) mass is 341 g/mol. The van der Waals surface area contributed by atoms with Gasteiger partial charge in [0.25, 0.3) is 0 Å². The predicted molar refractivity (Wildman–Crippen MR) is 82.8 cm³/mol. The van der Waals surface area contributed by atoms with Crippen LogP contribution in [-0.4, -0.2) is 36.0 Å². The Morgan fingerprint density at radius 2 is 1.75 bits per heavy atom. The number of hydrogen-bond donors (Lipinski definition) is 2. The molecule has 1 saturated heterocycles. The number of amides is 3. The number of hydrogen-bond acceptors (Lipinski definition) is 2. The minimum absolute atomic E-state index is 0.0506. The summed E-state index contributed by atoms with van der Waals surface area (Å²) in [5, 5.41) is 2.80. The molecule has 24 heavy (non-hydrogen) atoms. The van der Waals surface area contributed by atoms with E-state index in [0.717, 1.165) is 12.1 Å². The van der Waals surface area contributed by atoms with Gasteiger partial charge in [0.1, 0.15) is 0 Å². The largest absolute Gasteiger partial charge is 0.416 e. The zero-order valence-electron chi connectivity index (χ0n) is 12.8. The second-order valence-corrected chi connectivity index (χ2v) is 5.56. The fourth-order valence-corrected chi connectivity index (χ4v) is 2.45. The highest BCUT2D eigenvalue weighted by Crippen LogP contribution is 2.29. The van der Waals surface area contributed by atoms with Crippen molar-refractivity contribution in [2.75, 3.05) is 13.1 Å². The molecule has 1 fully saturated rings. The Morgan fingerprint density at radius 1 is 1.17 bits per heavy atom. The maximum absolute atomic E-state index is 12.5. The number of rotatable bonds is 3. The van der Waals surface area contributed by atoms with Crippen LogP contribution < -0.4 is 11.1 Å². The van der Waals surface area contributed by atoms with Gasteiger partial charge in [-0.15, -0.1) is 0 Å². The van der Waals surface area contributed by atoms with Gasteiger partial charge in [0.15, 0.2) is 0 Å². The van der Waals surface area contributed by atoms with E-state index in [-0.39, 0.29) is 11.9 Å². The van der Waals surface area contributed by atoms with E-state index < -0.39 is 17.8 Å². The van der Waals surface area contributed by atoms with Gasteiger partial charge in [0, 0.05) is 25.2 Å². The first-order valence-corrected chi connectivity index (χ1v) is 7.46. The minimum atomic E-state index is -4.38. The topological polar surface area (TPSA) is 75.4 Å². The van der Waals surface area contributed by atoms with Gasteiger partial charge in [-0.2, -0.15) is 13.2 Å². The van der Waals surface area contributed by atoms with Crippen molar-refractivity contribution in [3.63, 3.8) is 0 Å². The third-order valence-corrected chi connectivity index (χ3v) is 3.82. The minimum Gasteiger partial charge on any atom is -0.351 e. The van der Waals surface area contributed by atoms with Gasteiger partial charge in [-0.3, -0.25) is 4.79 Å². The van der Waals surface area contributed by atoms with Crippen LogP contribution in [0.4, 0.5) is 18.0 Å². The summed E-state index contributed by atoms with van der Waals surface area (Å²) in [4.78, 5) is 24.4. The maximum atomic E-state index is 12.5. The van der Waals surface area contributed by atoms with Gasteiger partial charge >= 0.3 is 12.2 Å². The second kappa shape index (κ2) is 7.37. The van der Waals surface area contributed by atoms with E-state index in [2.05, 4.69) is 5.32 Å². The van der Waals surface area contributed by atoms with Crippen LogP contribution in [0.5, 0.6) is 0 Å². The van der Waals surface area contributed by atoms with Gasteiger partial charge in [0.05, 0.1) is 5.56 Å². The van der Waals surface area contributed by atoms with E-state index >= 15 is 0 Å². The molecule has 0 atom stereocenters. The number of carbonyl (C=O) groups is 2. The van der Waals surface area contributed by atoms with Crippen LogP contribution in [0.3, 0.4) is 0 Å². The number of piperidine rings is 1. The molecule has 0 bridgehead atoms. The normalized spacial score (nSPS) is 16.4. The Hall–Kier alpha value is -2.51. The average Bonchev–Trinajstić information content (AvgIpc) is 2.53. The Balaban J connectivity index is 1.84.